The fourth-order valence-electron chi connectivity index (χ4n) is 1.75. The van der Waals surface area contributed by atoms with Crippen LogP contribution in [0.4, 0.5) is 5.69 Å². The van der Waals surface area contributed by atoms with Crippen molar-refractivity contribution in [2.75, 3.05) is 31.6 Å². The number of nitrogens with zero attached hydrogens (tertiary/aromatic N) is 1. The van der Waals surface area contributed by atoms with Crippen molar-refractivity contribution in [1.82, 2.24) is 9.62 Å². The number of nitrogens with one attached hydrogen (secondary N) is 1. The van der Waals surface area contributed by atoms with Crippen LogP contribution in [0.25, 0.3) is 0 Å². The van der Waals surface area contributed by atoms with Gasteiger partial charge in [-0.15, -0.1) is 0 Å². The molecule has 0 radical (unpaired) electrons. The van der Waals surface area contributed by atoms with Gasteiger partial charge in [0.25, 0.3) is 5.91 Å². The van der Waals surface area contributed by atoms with Crippen LogP contribution in [0.15, 0.2) is 24.3 Å². The molecule has 0 aliphatic heterocycles. The number of amides is 1. The van der Waals surface area contributed by atoms with Crippen LogP contribution in [0.3, 0.4) is 0 Å². The SMILES string of the molecule is CCN(CCCNC(=O)c1ccc(N)cc1)S(C)(=O)=O. The van der Waals surface area contributed by atoms with Crippen LogP contribution in [0.2, 0.25) is 0 Å². The molecule has 0 aliphatic carbocycles. The first kappa shape index (κ1) is 16.5. The summed E-state index contributed by atoms with van der Waals surface area (Å²) in [7, 11) is -3.17. The molecular weight excluding hydrogens is 278 g/mol. The summed E-state index contributed by atoms with van der Waals surface area (Å²) in [6, 6.07) is 6.63. The van der Waals surface area contributed by atoms with Gasteiger partial charge in [-0.1, -0.05) is 6.92 Å². The van der Waals surface area contributed by atoms with E-state index in [2.05, 4.69) is 5.32 Å². The zero-order valence-electron chi connectivity index (χ0n) is 11.8. The fourth-order valence-corrected chi connectivity index (χ4v) is 2.68. The number of anilines is 1. The van der Waals surface area contributed by atoms with Crippen molar-refractivity contribution in [3.05, 3.63) is 29.8 Å². The first-order valence-electron chi connectivity index (χ1n) is 6.43. The Morgan fingerprint density at radius 2 is 1.90 bits per heavy atom. The van der Waals surface area contributed by atoms with Gasteiger partial charge in [-0.2, -0.15) is 0 Å². The van der Waals surface area contributed by atoms with Gasteiger partial charge in [0.15, 0.2) is 0 Å². The summed E-state index contributed by atoms with van der Waals surface area (Å²) < 4.78 is 24.1. The number of carbonyl (C=O) groups is 1. The van der Waals surface area contributed by atoms with Gasteiger partial charge in [0.1, 0.15) is 0 Å². The predicted octanol–water partition coefficient (Wildman–Crippen LogP) is 0.670. The van der Waals surface area contributed by atoms with E-state index in [0.717, 1.165) is 0 Å². The lowest BCUT2D eigenvalue weighted by atomic mass is 10.2. The molecule has 0 atom stereocenters. The average molecular weight is 299 g/mol. The van der Waals surface area contributed by atoms with E-state index in [1.54, 1.807) is 31.2 Å². The van der Waals surface area contributed by atoms with Gasteiger partial charge < -0.3 is 11.1 Å². The van der Waals surface area contributed by atoms with E-state index < -0.39 is 10.0 Å². The van der Waals surface area contributed by atoms with Crippen molar-refractivity contribution < 1.29 is 13.2 Å². The zero-order valence-corrected chi connectivity index (χ0v) is 12.6. The molecular formula is C13H21N3O3S. The number of nitrogens with two attached hydrogens (primary N) is 1. The molecule has 6 nitrogen and oxygen atoms in total. The van der Waals surface area contributed by atoms with Gasteiger partial charge in [0, 0.05) is 30.9 Å². The van der Waals surface area contributed by atoms with Crippen LogP contribution in [0.5, 0.6) is 0 Å². The number of hydrogen-bond donors (Lipinski definition) is 2. The average Bonchev–Trinajstić information content (AvgIpc) is 2.37. The van der Waals surface area contributed by atoms with Crippen molar-refractivity contribution in [2.24, 2.45) is 0 Å². The monoisotopic (exact) mass is 299 g/mol. The normalized spacial score (nSPS) is 11.6. The molecule has 0 unspecified atom stereocenters. The van der Waals surface area contributed by atoms with Gasteiger partial charge in [-0.3, -0.25) is 4.79 Å². The number of benzene rings is 1. The van der Waals surface area contributed by atoms with E-state index in [1.165, 1.54) is 10.6 Å². The second-order valence-corrected chi connectivity index (χ2v) is 6.47. The number of hydrogen-bond acceptors (Lipinski definition) is 4. The molecule has 0 heterocycles. The Balaban J connectivity index is 2.37. The Bertz CT molecular complexity index is 540. The molecule has 0 bridgehead atoms. The van der Waals surface area contributed by atoms with Gasteiger partial charge in [0.2, 0.25) is 10.0 Å². The molecule has 112 valence electrons. The molecule has 0 spiro atoms. The Kier molecular flexibility index (Phi) is 5.97. The number of rotatable bonds is 7. The summed E-state index contributed by atoms with van der Waals surface area (Å²) in [6.45, 7) is 3.05. The van der Waals surface area contributed by atoms with Gasteiger partial charge >= 0.3 is 0 Å². The lowest BCUT2D eigenvalue weighted by molar-refractivity contribution is 0.0953. The van der Waals surface area contributed by atoms with Crippen LogP contribution in [0, 0.1) is 0 Å². The third-order valence-electron chi connectivity index (χ3n) is 2.86. The van der Waals surface area contributed by atoms with E-state index in [0.29, 0.717) is 37.3 Å². The summed E-state index contributed by atoms with van der Waals surface area (Å²) >= 11 is 0. The zero-order chi connectivity index (χ0) is 15.2. The summed E-state index contributed by atoms with van der Waals surface area (Å²) in [6.07, 6.45) is 1.76. The van der Waals surface area contributed by atoms with E-state index in [-0.39, 0.29) is 5.91 Å². The van der Waals surface area contributed by atoms with E-state index in [4.69, 9.17) is 5.73 Å². The van der Waals surface area contributed by atoms with Crippen LogP contribution in [0.1, 0.15) is 23.7 Å². The Morgan fingerprint density at radius 1 is 1.30 bits per heavy atom. The lowest BCUT2D eigenvalue weighted by Gasteiger charge is -2.17. The standard InChI is InChI=1S/C13H21N3O3S/c1-3-16(20(2,18)19)10-4-9-15-13(17)11-5-7-12(14)8-6-11/h5-8H,3-4,9-10,14H2,1-2H3,(H,15,17). The molecule has 7 heteroatoms. The minimum Gasteiger partial charge on any atom is -0.399 e. The number of carbonyl (C=O) groups excluding carboxylic acids is 1. The maximum atomic E-state index is 11.8. The second-order valence-electron chi connectivity index (χ2n) is 4.49. The Hall–Kier alpha value is -1.60. The smallest absolute Gasteiger partial charge is 0.251 e. The maximum Gasteiger partial charge on any atom is 0.251 e. The molecule has 1 rings (SSSR count). The van der Waals surface area contributed by atoms with Gasteiger partial charge in [0.05, 0.1) is 6.26 Å². The van der Waals surface area contributed by atoms with Crippen molar-refractivity contribution in [2.45, 2.75) is 13.3 Å². The Morgan fingerprint density at radius 3 is 2.40 bits per heavy atom. The van der Waals surface area contributed by atoms with Crippen LogP contribution in [-0.4, -0.2) is 44.5 Å². The molecule has 0 fully saturated rings. The third-order valence-corrected chi connectivity index (χ3v) is 4.24. The quantitative estimate of drug-likeness (QED) is 0.572. The summed E-state index contributed by atoms with van der Waals surface area (Å²) in [5.41, 5.74) is 6.69. The summed E-state index contributed by atoms with van der Waals surface area (Å²) in [5, 5.41) is 2.75. The number of sulfonamides is 1. The minimum absolute atomic E-state index is 0.188. The molecule has 20 heavy (non-hydrogen) atoms. The van der Waals surface area contributed by atoms with E-state index in [1.807, 2.05) is 0 Å². The van der Waals surface area contributed by atoms with Crippen molar-refractivity contribution in [3.8, 4) is 0 Å². The highest BCUT2D eigenvalue weighted by Gasteiger charge is 2.13. The minimum atomic E-state index is -3.17. The van der Waals surface area contributed by atoms with Crippen molar-refractivity contribution >= 4 is 21.6 Å². The molecule has 0 saturated heterocycles. The molecule has 0 saturated carbocycles. The molecule has 0 aliphatic rings. The van der Waals surface area contributed by atoms with Gasteiger partial charge in [-0.05, 0) is 30.7 Å². The van der Waals surface area contributed by atoms with Crippen LogP contribution >= 0.6 is 0 Å². The topological polar surface area (TPSA) is 92.5 Å². The highest BCUT2D eigenvalue weighted by Crippen LogP contribution is 2.05. The largest absolute Gasteiger partial charge is 0.399 e. The van der Waals surface area contributed by atoms with Crippen molar-refractivity contribution in [1.29, 1.82) is 0 Å². The van der Waals surface area contributed by atoms with E-state index >= 15 is 0 Å². The molecule has 1 aromatic carbocycles. The summed E-state index contributed by atoms with van der Waals surface area (Å²) in [4.78, 5) is 11.8. The second kappa shape index (κ2) is 7.25. The van der Waals surface area contributed by atoms with Crippen molar-refractivity contribution in [3.63, 3.8) is 0 Å². The lowest BCUT2D eigenvalue weighted by Crippen LogP contribution is -2.33. The molecule has 1 amide bonds. The van der Waals surface area contributed by atoms with Gasteiger partial charge in [-0.25, -0.2) is 12.7 Å². The highest BCUT2D eigenvalue weighted by molar-refractivity contribution is 7.88. The maximum absolute atomic E-state index is 11.8. The molecule has 1 aromatic rings. The fraction of sp³-hybridized carbons (Fsp3) is 0.462. The molecule has 3 N–H and O–H groups in total. The number of nitrogen functional groups attached to an aromatic ring is 1. The van der Waals surface area contributed by atoms with Crippen LogP contribution < -0.4 is 11.1 Å². The summed E-state index contributed by atoms with van der Waals surface area (Å²) in [5.74, 6) is -0.188. The Labute approximate surface area is 120 Å². The predicted molar refractivity (Wildman–Crippen MR) is 79.9 cm³/mol. The molecule has 0 aromatic heterocycles. The first-order valence-corrected chi connectivity index (χ1v) is 8.28. The van der Waals surface area contributed by atoms with Crippen LogP contribution in [-0.2, 0) is 10.0 Å². The first-order chi connectivity index (χ1) is 9.34. The third kappa shape index (κ3) is 5.18. The highest BCUT2D eigenvalue weighted by atomic mass is 32.2. The van der Waals surface area contributed by atoms with E-state index in [9.17, 15) is 13.2 Å².